The Labute approximate surface area is 277 Å². The monoisotopic (exact) mass is 656 g/mol. The molecule has 0 saturated carbocycles. The molecule has 3 heterocycles. The Morgan fingerprint density at radius 3 is 2.19 bits per heavy atom. The molecule has 0 bridgehead atoms. The maximum absolute atomic E-state index is 13.2. The van der Waals surface area contributed by atoms with Crippen LogP contribution in [0.3, 0.4) is 0 Å². The highest BCUT2D eigenvalue weighted by Crippen LogP contribution is 2.41. The Balaban J connectivity index is 1.28. The van der Waals surface area contributed by atoms with Crippen LogP contribution < -0.4 is 4.90 Å². The summed E-state index contributed by atoms with van der Waals surface area (Å²) in [4.78, 5) is 27.3. The van der Waals surface area contributed by atoms with Gasteiger partial charge in [0.25, 0.3) is 0 Å². The molecule has 0 fully saturated rings. The molecule has 0 aliphatic rings. The van der Waals surface area contributed by atoms with Gasteiger partial charge in [0.2, 0.25) is 5.91 Å². The van der Waals surface area contributed by atoms with E-state index in [4.69, 9.17) is 16.6 Å². The Morgan fingerprint density at radius 2 is 1.49 bits per heavy atom. The lowest BCUT2D eigenvalue weighted by Gasteiger charge is -2.18. The third kappa shape index (κ3) is 6.13. The van der Waals surface area contributed by atoms with E-state index >= 15 is 0 Å². The number of halogens is 1. The first-order chi connectivity index (χ1) is 22.8. The molecule has 1 N–H and O–H groups in total. The highest BCUT2D eigenvalue weighted by Gasteiger charge is 2.20. The molecule has 4 aromatic carbocycles. The molecule has 232 valence electrons. The molecule has 7 rings (SSSR count). The maximum Gasteiger partial charge on any atom is 0.231 e. The number of pyridine rings is 2. The first-order valence-corrected chi connectivity index (χ1v) is 17.0. The molecule has 47 heavy (non-hydrogen) atoms. The van der Waals surface area contributed by atoms with Crippen LogP contribution in [0.25, 0.3) is 44.2 Å². The number of carbonyl (C=O) groups excluding carboxylic acids is 1. The number of sulfone groups is 1. The molecule has 7 nitrogen and oxygen atoms in total. The van der Waals surface area contributed by atoms with E-state index in [0.29, 0.717) is 21.3 Å². The molecule has 0 unspecified atom stereocenters. The summed E-state index contributed by atoms with van der Waals surface area (Å²) in [6.45, 7) is 0. The summed E-state index contributed by atoms with van der Waals surface area (Å²) in [7, 11) is -1.78. The molecule has 9 heteroatoms. The standard InChI is InChI=1S/C38H29ClN4O3S/c1-43(35(44)21-25-13-19-34(39)40-22-25)29-16-14-27(15-17-29)32-23-41-38-37(36(32)28-8-4-2-5-9-28)31-20-26(12-18-33(31)42-38)24-47(45,46)30-10-6-3-7-11-30/h2-20,22-23H,21,24H2,1H3,(H,41,42). The average molecular weight is 657 g/mol. The average Bonchev–Trinajstić information content (AvgIpc) is 3.47. The summed E-state index contributed by atoms with van der Waals surface area (Å²) in [5.74, 6) is -0.186. The number of H-pyrrole nitrogens is 1. The largest absolute Gasteiger partial charge is 0.339 e. The van der Waals surface area contributed by atoms with Crippen LogP contribution in [0.15, 0.2) is 133 Å². The van der Waals surface area contributed by atoms with Crippen LogP contribution in [0.4, 0.5) is 5.69 Å². The van der Waals surface area contributed by atoms with Gasteiger partial charge in [-0.25, -0.2) is 18.4 Å². The van der Waals surface area contributed by atoms with E-state index in [0.717, 1.165) is 49.8 Å². The van der Waals surface area contributed by atoms with Gasteiger partial charge in [0.15, 0.2) is 9.84 Å². The number of benzene rings is 4. The summed E-state index contributed by atoms with van der Waals surface area (Å²) in [6, 6.07) is 35.6. The van der Waals surface area contributed by atoms with Crippen molar-refractivity contribution in [3.05, 3.63) is 144 Å². The minimum Gasteiger partial charge on any atom is -0.339 e. The van der Waals surface area contributed by atoms with Gasteiger partial charge >= 0.3 is 0 Å². The Hall–Kier alpha value is -5.31. The smallest absolute Gasteiger partial charge is 0.231 e. The summed E-state index contributed by atoms with van der Waals surface area (Å²) < 4.78 is 26.5. The summed E-state index contributed by atoms with van der Waals surface area (Å²) in [6.07, 6.45) is 3.68. The predicted molar refractivity (Wildman–Crippen MR) is 188 cm³/mol. The van der Waals surface area contributed by atoms with Gasteiger partial charge < -0.3 is 9.88 Å². The van der Waals surface area contributed by atoms with Crippen LogP contribution in [0.5, 0.6) is 0 Å². The molecule has 0 saturated heterocycles. The van der Waals surface area contributed by atoms with E-state index in [-0.39, 0.29) is 18.1 Å². The molecule has 3 aromatic heterocycles. The Bertz CT molecular complexity index is 2340. The molecule has 0 atom stereocenters. The van der Waals surface area contributed by atoms with E-state index in [1.807, 2.05) is 66.9 Å². The predicted octanol–water partition coefficient (Wildman–Crippen LogP) is 8.28. The second-order valence-corrected chi connectivity index (χ2v) is 13.8. The number of rotatable bonds is 8. The van der Waals surface area contributed by atoms with Gasteiger partial charge in [-0.05, 0) is 64.7 Å². The lowest BCUT2D eigenvalue weighted by atomic mass is 9.92. The lowest BCUT2D eigenvalue weighted by Crippen LogP contribution is -2.27. The maximum atomic E-state index is 13.2. The minimum absolute atomic E-state index is 0.0705. The number of carbonyl (C=O) groups is 1. The van der Waals surface area contributed by atoms with Crippen molar-refractivity contribution in [2.45, 2.75) is 17.1 Å². The minimum atomic E-state index is -3.53. The highest BCUT2D eigenvalue weighted by atomic mass is 35.5. The number of hydrogen-bond donors (Lipinski definition) is 1. The van der Waals surface area contributed by atoms with Crippen LogP contribution in [-0.4, -0.2) is 36.3 Å². The lowest BCUT2D eigenvalue weighted by molar-refractivity contribution is -0.117. The number of aromatic amines is 1. The van der Waals surface area contributed by atoms with Crippen LogP contribution in [0.2, 0.25) is 5.15 Å². The van der Waals surface area contributed by atoms with Crippen molar-refractivity contribution < 1.29 is 13.2 Å². The fourth-order valence-electron chi connectivity index (χ4n) is 5.86. The van der Waals surface area contributed by atoms with E-state index in [1.54, 1.807) is 60.6 Å². The first-order valence-electron chi connectivity index (χ1n) is 15.0. The zero-order valence-corrected chi connectivity index (χ0v) is 27.0. The Morgan fingerprint density at radius 1 is 0.787 bits per heavy atom. The van der Waals surface area contributed by atoms with Crippen molar-refractivity contribution in [2.75, 3.05) is 11.9 Å². The number of nitrogens with zero attached hydrogens (tertiary/aromatic N) is 3. The molecule has 0 radical (unpaired) electrons. The molecular formula is C38H29ClN4O3S. The number of hydrogen-bond acceptors (Lipinski definition) is 5. The molecule has 1 amide bonds. The van der Waals surface area contributed by atoms with E-state index < -0.39 is 9.84 Å². The van der Waals surface area contributed by atoms with Gasteiger partial charge in [-0.15, -0.1) is 0 Å². The van der Waals surface area contributed by atoms with Crippen molar-refractivity contribution in [2.24, 2.45) is 0 Å². The third-order valence-corrected chi connectivity index (χ3v) is 10.2. The summed E-state index contributed by atoms with van der Waals surface area (Å²) in [5, 5.41) is 2.19. The van der Waals surface area contributed by atoms with Gasteiger partial charge in [0.05, 0.1) is 17.1 Å². The molecule has 0 aliphatic heterocycles. The second-order valence-electron chi connectivity index (χ2n) is 11.4. The van der Waals surface area contributed by atoms with Gasteiger partial charge in [-0.3, -0.25) is 4.79 Å². The molecular weight excluding hydrogens is 628 g/mol. The van der Waals surface area contributed by atoms with Crippen LogP contribution >= 0.6 is 11.6 Å². The first kappa shape index (κ1) is 30.3. The van der Waals surface area contributed by atoms with Gasteiger partial charge in [0.1, 0.15) is 10.8 Å². The summed E-state index contributed by atoms with van der Waals surface area (Å²) >= 11 is 5.89. The van der Waals surface area contributed by atoms with E-state index in [2.05, 4.69) is 22.1 Å². The normalized spacial score (nSPS) is 11.6. The number of fused-ring (bicyclic) bond motifs is 3. The van der Waals surface area contributed by atoms with Crippen molar-refractivity contribution in [3.63, 3.8) is 0 Å². The van der Waals surface area contributed by atoms with Gasteiger partial charge in [-0.1, -0.05) is 84.4 Å². The fraction of sp³-hybridized carbons (Fsp3) is 0.0789. The third-order valence-electron chi connectivity index (χ3n) is 8.29. The zero-order valence-electron chi connectivity index (χ0n) is 25.4. The topological polar surface area (TPSA) is 96.0 Å². The number of amides is 1. The summed E-state index contributed by atoms with van der Waals surface area (Å²) in [5.41, 5.74) is 7.66. The number of likely N-dealkylation sites (N-methyl/N-ethyl adjacent to an activating group) is 1. The van der Waals surface area contributed by atoms with Crippen molar-refractivity contribution in [1.29, 1.82) is 0 Å². The number of anilines is 1. The van der Waals surface area contributed by atoms with E-state index in [9.17, 15) is 13.2 Å². The molecule has 0 spiro atoms. The van der Waals surface area contributed by atoms with Gasteiger partial charge in [0, 0.05) is 52.5 Å². The van der Waals surface area contributed by atoms with E-state index in [1.165, 1.54) is 0 Å². The molecule has 0 aliphatic carbocycles. The fourth-order valence-corrected chi connectivity index (χ4v) is 7.33. The second kappa shape index (κ2) is 12.5. The van der Waals surface area contributed by atoms with Gasteiger partial charge in [-0.2, -0.15) is 0 Å². The zero-order chi connectivity index (χ0) is 32.5. The number of aromatic nitrogens is 3. The van der Waals surface area contributed by atoms with Crippen molar-refractivity contribution in [3.8, 4) is 22.3 Å². The van der Waals surface area contributed by atoms with Crippen molar-refractivity contribution >= 4 is 55.0 Å². The quantitative estimate of drug-likeness (QED) is 0.166. The van der Waals surface area contributed by atoms with Crippen LogP contribution in [0, 0.1) is 0 Å². The van der Waals surface area contributed by atoms with Crippen LogP contribution in [-0.2, 0) is 26.8 Å². The SMILES string of the molecule is CN(C(=O)Cc1ccc(Cl)nc1)c1ccc(-c2cnc3[nH]c4ccc(CS(=O)(=O)c5ccccc5)cc4c3c2-c2ccccc2)cc1. The molecule has 7 aromatic rings. The number of nitrogens with one attached hydrogen (secondary N) is 1. The Kier molecular flexibility index (Phi) is 8.05. The van der Waals surface area contributed by atoms with Crippen LogP contribution in [0.1, 0.15) is 11.1 Å². The highest BCUT2D eigenvalue weighted by molar-refractivity contribution is 7.90. The van der Waals surface area contributed by atoms with Crippen molar-refractivity contribution in [1.82, 2.24) is 15.0 Å².